The largest absolute Gasteiger partial charge is 0.363 e. The molecule has 1 heterocycles. The first-order chi connectivity index (χ1) is 13.9. The van der Waals surface area contributed by atoms with Crippen LogP contribution in [-0.4, -0.2) is 33.4 Å². The molecule has 2 aromatic carbocycles. The molecule has 1 aromatic heterocycles. The molecule has 148 valence electrons. The van der Waals surface area contributed by atoms with Gasteiger partial charge in [-0.25, -0.2) is 4.39 Å². The van der Waals surface area contributed by atoms with Crippen LogP contribution in [0.3, 0.4) is 0 Å². The number of amides is 2. The van der Waals surface area contributed by atoms with E-state index in [1.807, 2.05) is 6.07 Å². The molecule has 1 unspecified atom stereocenters. The van der Waals surface area contributed by atoms with Crippen LogP contribution in [0.1, 0.15) is 15.9 Å². The number of rotatable bonds is 7. The van der Waals surface area contributed by atoms with Crippen LogP contribution in [-0.2, 0) is 23.1 Å². The lowest BCUT2D eigenvalue weighted by atomic mass is 10.0. The van der Waals surface area contributed by atoms with Crippen molar-refractivity contribution in [3.8, 4) is 11.3 Å². The zero-order valence-corrected chi connectivity index (χ0v) is 15.6. The van der Waals surface area contributed by atoms with Gasteiger partial charge in [-0.15, -0.1) is 0 Å². The van der Waals surface area contributed by atoms with E-state index in [2.05, 4.69) is 10.4 Å². The van der Waals surface area contributed by atoms with Crippen molar-refractivity contribution in [3.63, 3.8) is 0 Å². The summed E-state index contributed by atoms with van der Waals surface area (Å²) in [5.74, 6) is -3.26. The van der Waals surface area contributed by atoms with Crippen LogP contribution in [0.4, 0.5) is 4.39 Å². The van der Waals surface area contributed by atoms with Crippen LogP contribution in [0, 0.1) is 5.82 Å². The van der Waals surface area contributed by atoms with Gasteiger partial charge in [0.15, 0.2) is 0 Å². The van der Waals surface area contributed by atoms with Gasteiger partial charge in [0, 0.05) is 25.2 Å². The Balaban J connectivity index is 1.91. The molecule has 0 aliphatic heterocycles. The summed E-state index contributed by atoms with van der Waals surface area (Å²) in [6.45, 7) is 0. The maximum Gasteiger partial charge on any atom is 0.287 e. The highest BCUT2D eigenvalue weighted by atomic mass is 19.1. The molecule has 29 heavy (non-hydrogen) atoms. The summed E-state index contributed by atoms with van der Waals surface area (Å²) in [5.41, 5.74) is 6.25. The molecular formula is C21H19FN4O3. The van der Waals surface area contributed by atoms with E-state index in [1.165, 1.54) is 29.1 Å². The summed E-state index contributed by atoms with van der Waals surface area (Å²) in [5, 5.41) is 6.71. The van der Waals surface area contributed by atoms with Crippen molar-refractivity contribution in [2.45, 2.75) is 12.5 Å². The van der Waals surface area contributed by atoms with Crippen molar-refractivity contribution in [1.29, 1.82) is 0 Å². The fraction of sp³-hybridized carbons (Fsp3) is 0.143. The molecule has 8 heteroatoms. The summed E-state index contributed by atoms with van der Waals surface area (Å²) < 4.78 is 15.6. The second-order valence-corrected chi connectivity index (χ2v) is 6.49. The second kappa shape index (κ2) is 8.47. The Morgan fingerprint density at radius 1 is 1.10 bits per heavy atom. The first kappa shape index (κ1) is 19.9. The summed E-state index contributed by atoms with van der Waals surface area (Å²) in [6, 6.07) is 13.7. The highest BCUT2D eigenvalue weighted by Gasteiger charge is 2.28. The Morgan fingerprint density at radius 3 is 2.41 bits per heavy atom. The molecule has 7 nitrogen and oxygen atoms in total. The van der Waals surface area contributed by atoms with E-state index in [0.29, 0.717) is 0 Å². The normalized spacial score (nSPS) is 11.7. The van der Waals surface area contributed by atoms with Gasteiger partial charge in [0.1, 0.15) is 17.6 Å². The fourth-order valence-corrected chi connectivity index (χ4v) is 2.97. The van der Waals surface area contributed by atoms with Gasteiger partial charge in [-0.2, -0.15) is 5.10 Å². The van der Waals surface area contributed by atoms with Crippen LogP contribution in [0.25, 0.3) is 11.3 Å². The third-order valence-corrected chi connectivity index (χ3v) is 4.35. The van der Waals surface area contributed by atoms with E-state index >= 15 is 0 Å². The number of Topliss-reactive ketones (excluding diaryl/α,β-unsaturated/α-hetero) is 1. The smallest absolute Gasteiger partial charge is 0.287 e. The van der Waals surface area contributed by atoms with Gasteiger partial charge in [0.05, 0.1) is 5.56 Å². The zero-order valence-electron chi connectivity index (χ0n) is 15.6. The molecule has 0 aliphatic carbocycles. The number of aryl methyl sites for hydroxylation is 1. The average molecular weight is 394 g/mol. The van der Waals surface area contributed by atoms with Crippen molar-refractivity contribution in [3.05, 3.63) is 77.7 Å². The Labute approximate surface area is 166 Å². The predicted octanol–water partition coefficient (Wildman–Crippen LogP) is 1.62. The van der Waals surface area contributed by atoms with E-state index in [9.17, 15) is 18.8 Å². The first-order valence-corrected chi connectivity index (χ1v) is 8.83. The van der Waals surface area contributed by atoms with E-state index in [0.717, 1.165) is 5.56 Å². The minimum atomic E-state index is -1.16. The SMILES string of the molecule is Cn1cc(C(=O)NC(Cc2ccccc2)C(=O)C(N)=O)c(-c2ccccc2F)n1. The standard InChI is InChI=1S/C21H19FN4O3/c1-26-12-15(18(25-26)14-9-5-6-10-16(14)22)21(29)24-17(19(27)20(23)28)11-13-7-3-2-4-8-13/h2-10,12,17H,11H2,1H3,(H2,23,28)(H,24,29). The maximum absolute atomic E-state index is 14.2. The lowest BCUT2D eigenvalue weighted by Crippen LogP contribution is -2.47. The van der Waals surface area contributed by atoms with Crippen molar-refractivity contribution in [1.82, 2.24) is 15.1 Å². The van der Waals surface area contributed by atoms with Crippen LogP contribution in [0.2, 0.25) is 0 Å². The number of aromatic nitrogens is 2. The van der Waals surface area contributed by atoms with Crippen LogP contribution in [0.15, 0.2) is 60.8 Å². The molecule has 0 radical (unpaired) electrons. The Hall–Kier alpha value is -3.81. The van der Waals surface area contributed by atoms with E-state index in [-0.39, 0.29) is 23.2 Å². The summed E-state index contributed by atoms with van der Waals surface area (Å²) in [6.07, 6.45) is 1.51. The Morgan fingerprint density at radius 2 is 1.76 bits per heavy atom. The lowest BCUT2D eigenvalue weighted by Gasteiger charge is -2.16. The Bertz CT molecular complexity index is 1060. The number of carbonyl (C=O) groups is 3. The predicted molar refractivity (Wildman–Crippen MR) is 104 cm³/mol. The molecular weight excluding hydrogens is 375 g/mol. The fourth-order valence-electron chi connectivity index (χ4n) is 2.97. The third kappa shape index (κ3) is 4.55. The highest BCUT2D eigenvalue weighted by molar-refractivity contribution is 6.38. The van der Waals surface area contributed by atoms with Gasteiger partial charge in [-0.3, -0.25) is 19.1 Å². The van der Waals surface area contributed by atoms with Gasteiger partial charge < -0.3 is 11.1 Å². The van der Waals surface area contributed by atoms with Crippen LogP contribution in [0.5, 0.6) is 0 Å². The average Bonchev–Trinajstić information content (AvgIpc) is 3.09. The number of nitrogens with zero attached hydrogens (tertiary/aromatic N) is 2. The maximum atomic E-state index is 14.2. The van der Waals surface area contributed by atoms with Crippen molar-refractivity contribution >= 4 is 17.6 Å². The van der Waals surface area contributed by atoms with E-state index in [4.69, 9.17) is 5.73 Å². The molecule has 0 bridgehead atoms. The molecule has 2 amide bonds. The second-order valence-electron chi connectivity index (χ2n) is 6.49. The molecule has 0 fully saturated rings. The molecule has 3 N–H and O–H groups in total. The van der Waals surface area contributed by atoms with Crippen LogP contribution < -0.4 is 11.1 Å². The number of nitrogens with one attached hydrogen (secondary N) is 1. The minimum absolute atomic E-state index is 0.0768. The van der Waals surface area contributed by atoms with Crippen LogP contribution >= 0.6 is 0 Å². The number of halogens is 1. The molecule has 3 rings (SSSR count). The molecule has 0 spiro atoms. The number of hydrogen-bond donors (Lipinski definition) is 2. The minimum Gasteiger partial charge on any atom is -0.363 e. The number of carbonyl (C=O) groups excluding carboxylic acids is 3. The number of primary amides is 1. The van der Waals surface area contributed by atoms with Gasteiger partial charge in [-0.05, 0) is 17.7 Å². The van der Waals surface area contributed by atoms with E-state index in [1.54, 1.807) is 37.4 Å². The van der Waals surface area contributed by atoms with Crippen molar-refractivity contribution in [2.75, 3.05) is 0 Å². The van der Waals surface area contributed by atoms with Gasteiger partial charge >= 0.3 is 0 Å². The van der Waals surface area contributed by atoms with E-state index < -0.39 is 29.5 Å². The van der Waals surface area contributed by atoms with Crippen molar-refractivity contribution < 1.29 is 18.8 Å². The topological polar surface area (TPSA) is 107 Å². The van der Waals surface area contributed by atoms with Gasteiger partial charge in [-0.1, -0.05) is 42.5 Å². The summed E-state index contributed by atoms with van der Waals surface area (Å²) in [4.78, 5) is 36.6. The number of hydrogen-bond acceptors (Lipinski definition) is 4. The van der Waals surface area contributed by atoms with Gasteiger partial charge in [0.2, 0.25) is 5.78 Å². The number of ketones is 1. The zero-order chi connectivity index (χ0) is 21.0. The highest BCUT2D eigenvalue weighted by Crippen LogP contribution is 2.24. The summed E-state index contributed by atoms with van der Waals surface area (Å²) in [7, 11) is 1.59. The monoisotopic (exact) mass is 394 g/mol. The molecule has 0 saturated heterocycles. The number of benzene rings is 2. The Kier molecular flexibility index (Phi) is 5.82. The quantitative estimate of drug-likeness (QED) is 0.594. The summed E-state index contributed by atoms with van der Waals surface area (Å²) >= 11 is 0. The lowest BCUT2D eigenvalue weighted by molar-refractivity contribution is -0.137. The van der Waals surface area contributed by atoms with Gasteiger partial charge in [0.25, 0.3) is 11.8 Å². The number of nitrogens with two attached hydrogens (primary N) is 1. The molecule has 0 aliphatic rings. The molecule has 0 saturated carbocycles. The molecule has 3 aromatic rings. The third-order valence-electron chi connectivity index (χ3n) is 4.35. The van der Waals surface area contributed by atoms with Crippen molar-refractivity contribution in [2.24, 2.45) is 12.8 Å². The first-order valence-electron chi connectivity index (χ1n) is 8.83. The molecule has 1 atom stereocenters.